The number of rotatable bonds is 5. The number of nitrogens with zero attached hydrogens (tertiary/aromatic N) is 2. The predicted molar refractivity (Wildman–Crippen MR) is 61.1 cm³/mol. The zero-order valence-electron chi connectivity index (χ0n) is 9.36. The molecule has 4 heteroatoms. The van der Waals surface area contributed by atoms with Crippen LogP contribution in [0.25, 0.3) is 0 Å². The first-order chi connectivity index (χ1) is 7.70. The van der Waals surface area contributed by atoms with Crippen LogP contribution in [0.1, 0.15) is 18.0 Å². The first-order valence-corrected chi connectivity index (χ1v) is 5.22. The molecule has 1 rings (SSSR count). The molecule has 0 aliphatic rings. The summed E-state index contributed by atoms with van der Waals surface area (Å²) in [6, 6.07) is 8.50. The lowest BCUT2D eigenvalue weighted by molar-refractivity contribution is 0.250. The van der Waals surface area contributed by atoms with Crippen molar-refractivity contribution in [3.8, 4) is 6.07 Å². The van der Waals surface area contributed by atoms with Crippen LogP contribution < -0.4 is 5.73 Å². The highest BCUT2D eigenvalue weighted by atomic mass is 19.1. The number of benzene rings is 1. The Balaban J connectivity index is 2.82. The molecule has 16 heavy (non-hydrogen) atoms. The minimum absolute atomic E-state index is 0.172. The summed E-state index contributed by atoms with van der Waals surface area (Å²) in [5.41, 5.74) is 6.24. The molecule has 0 aliphatic carbocycles. The van der Waals surface area contributed by atoms with Crippen molar-refractivity contribution in [2.24, 2.45) is 5.73 Å². The summed E-state index contributed by atoms with van der Waals surface area (Å²) in [6.07, 6.45) is 0.418. The van der Waals surface area contributed by atoms with Crippen molar-refractivity contribution in [3.63, 3.8) is 0 Å². The van der Waals surface area contributed by atoms with Gasteiger partial charge in [-0.2, -0.15) is 5.26 Å². The monoisotopic (exact) mass is 221 g/mol. The molecule has 86 valence electrons. The molecule has 1 atom stereocenters. The standard InChI is InChI=1S/C12H16FN3/c1-16(8-4-7-14)12(9-15)10-5-2-3-6-11(10)13/h2-3,5-6,12H,4,8-9,15H2,1H3. The van der Waals surface area contributed by atoms with E-state index in [1.807, 2.05) is 11.9 Å². The molecule has 0 radical (unpaired) electrons. The van der Waals surface area contributed by atoms with Gasteiger partial charge in [0, 0.05) is 31.1 Å². The summed E-state index contributed by atoms with van der Waals surface area (Å²) in [7, 11) is 1.85. The fourth-order valence-corrected chi connectivity index (χ4v) is 1.67. The number of hydrogen-bond donors (Lipinski definition) is 1. The van der Waals surface area contributed by atoms with E-state index in [0.29, 0.717) is 25.1 Å². The van der Waals surface area contributed by atoms with Crippen LogP contribution in [-0.4, -0.2) is 25.0 Å². The lowest BCUT2D eigenvalue weighted by Crippen LogP contribution is -2.31. The van der Waals surface area contributed by atoms with E-state index >= 15 is 0 Å². The molecular weight excluding hydrogens is 205 g/mol. The van der Waals surface area contributed by atoms with Gasteiger partial charge >= 0.3 is 0 Å². The molecule has 1 aromatic rings. The highest BCUT2D eigenvalue weighted by molar-refractivity contribution is 5.21. The van der Waals surface area contributed by atoms with Crippen LogP contribution >= 0.6 is 0 Å². The molecule has 0 aliphatic heterocycles. The predicted octanol–water partition coefficient (Wildman–Crippen LogP) is 1.67. The number of nitrogens with two attached hydrogens (primary N) is 1. The molecule has 0 saturated carbocycles. The normalized spacial score (nSPS) is 12.4. The van der Waals surface area contributed by atoms with Gasteiger partial charge in [0.25, 0.3) is 0 Å². The minimum atomic E-state index is -0.248. The lowest BCUT2D eigenvalue weighted by Gasteiger charge is -2.26. The number of hydrogen-bond acceptors (Lipinski definition) is 3. The van der Waals surface area contributed by atoms with Crippen LogP contribution in [0.15, 0.2) is 24.3 Å². The van der Waals surface area contributed by atoms with Gasteiger partial charge in [0.2, 0.25) is 0 Å². The van der Waals surface area contributed by atoms with Gasteiger partial charge in [-0.1, -0.05) is 18.2 Å². The van der Waals surface area contributed by atoms with Crippen molar-refractivity contribution in [2.45, 2.75) is 12.5 Å². The van der Waals surface area contributed by atoms with Crippen LogP contribution in [0.2, 0.25) is 0 Å². The Morgan fingerprint density at radius 1 is 1.50 bits per heavy atom. The number of halogens is 1. The van der Waals surface area contributed by atoms with Crippen molar-refractivity contribution >= 4 is 0 Å². The molecule has 0 heterocycles. The summed E-state index contributed by atoms with van der Waals surface area (Å²) in [4.78, 5) is 1.90. The van der Waals surface area contributed by atoms with Crippen LogP contribution in [0.5, 0.6) is 0 Å². The van der Waals surface area contributed by atoms with Crippen molar-refractivity contribution < 1.29 is 4.39 Å². The van der Waals surface area contributed by atoms with E-state index in [-0.39, 0.29) is 11.9 Å². The van der Waals surface area contributed by atoms with Gasteiger partial charge in [-0.25, -0.2) is 4.39 Å². The summed E-state index contributed by atoms with van der Waals surface area (Å²) in [5.74, 6) is -0.248. The van der Waals surface area contributed by atoms with Gasteiger partial charge in [-0.15, -0.1) is 0 Å². The molecule has 0 spiro atoms. The van der Waals surface area contributed by atoms with Crippen molar-refractivity contribution in [1.82, 2.24) is 4.90 Å². The summed E-state index contributed by atoms with van der Waals surface area (Å²) < 4.78 is 13.6. The van der Waals surface area contributed by atoms with Gasteiger partial charge in [0.15, 0.2) is 0 Å². The Morgan fingerprint density at radius 2 is 2.19 bits per heavy atom. The Morgan fingerprint density at radius 3 is 2.75 bits per heavy atom. The van der Waals surface area contributed by atoms with Crippen LogP contribution in [0.3, 0.4) is 0 Å². The van der Waals surface area contributed by atoms with Gasteiger partial charge in [-0.05, 0) is 13.1 Å². The molecule has 0 amide bonds. The summed E-state index contributed by atoms with van der Waals surface area (Å²) >= 11 is 0. The maximum Gasteiger partial charge on any atom is 0.128 e. The van der Waals surface area contributed by atoms with E-state index < -0.39 is 0 Å². The summed E-state index contributed by atoms with van der Waals surface area (Å²) in [6.45, 7) is 0.926. The van der Waals surface area contributed by atoms with E-state index in [1.54, 1.807) is 18.2 Å². The third-order valence-electron chi connectivity index (χ3n) is 2.60. The zero-order valence-corrected chi connectivity index (χ0v) is 9.36. The largest absolute Gasteiger partial charge is 0.329 e. The van der Waals surface area contributed by atoms with Gasteiger partial charge < -0.3 is 5.73 Å². The fourth-order valence-electron chi connectivity index (χ4n) is 1.67. The number of likely N-dealkylation sites (N-methyl/N-ethyl adjacent to an activating group) is 1. The molecule has 2 N–H and O–H groups in total. The first kappa shape index (κ1) is 12.6. The van der Waals surface area contributed by atoms with E-state index in [0.717, 1.165) is 0 Å². The van der Waals surface area contributed by atoms with Crippen molar-refractivity contribution in [3.05, 3.63) is 35.6 Å². The third kappa shape index (κ3) is 3.02. The molecule has 0 fully saturated rings. The maximum atomic E-state index is 13.6. The highest BCUT2D eigenvalue weighted by Gasteiger charge is 2.17. The Hall–Kier alpha value is -1.44. The number of nitriles is 1. The molecule has 3 nitrogen and oxygen atoms in total. The molecule has 1 unspecified atom stereocenters. The van der Waals surface area contributed by atoms with E-state index in [9.17, 15) is 4.39 Å². The first-order valence-electron chi connectivity index (χ1n) is 5.22. The van der Waals surface area contributed by atoms with Crippen LogP contribution in [0.4, 0.5) is 4.39 Å². The maximum absolute atomic E-state index is 13.6. The minimum Gasteiger partial charge on any atom is -0.329 e. The van der Waals surface area contributed by atoms with Gasteiger partial charge in [-0.3, -0.25) is 4.90 Å². The topological polar surface area (TPSA) is 53.0 Å². The van der Waals surface area contributed by atoms with Gasteiger partial charge in [0.05, 0.1) is 6.07 Å². The molecule has 0 saturated heterocycles. The van der Waals surface area contributed by atoms with E-state index in [1.165, 1.54) is 6.07 Å². The quantitative estimate of drug-likeness (QED) is 0.822. The molecular formula is C12H16FN3. The zero-order chi connectivity index (χ0) is 12.0. The average Bonchev–Trinajstić information content (AvgIpc) is 2.30. The average molecular weight is 221 g/mol. The second kappa shape index (κ2) is 6.21. The Bertz CT molecular complexity index is 373. The van der Waals surface area contributed by atoms with Crippen molar-refractivity contribution in [1.29, 1.82) is 5.26 Å². The third-order valence-corrected chi connectivity index (χ3v) is 2.60. The SMILES string of the molecule is CN(CCC#N)C(CN)c1ccccc1F. The van der Waals surface area contributed by atoms with E-state index in [2.05, 4.69) is 6.07 Å². The van der Waals surface area contributed by atoms with E-state index in [4.69, 9.17) is 11.0 Å². The Labute approximate surface area is 95.3 Å². The van der Waals surface area contributed by atoms with Crippen molar-refractivity contribution in [2.75, 3.05) is 20.1 Å². The van der Waals surface area contributed by atoms with Crippen LogP contribution in [-0.2, 0) is 0 Å². The fraction of sp³-hybridized carbons (Fsp3) is 0.417. The highest BCUT2D eigenvalue weighted by Crippen LogP contribution is 2.21. The molecule has 0 aromatic heterocycles. The van der Waals surface area contributed by atoms with Gasteiger partial charge in [0.1, 0.15) is 5.82 Å². The summed E-state index contributed by atoms with van der Waals surface area (Å²) in [5, 5.41) is 8.51. The Kier molecular flexibility index (Phi) is 4.90. The second-order valence-corrected chi connectivity index (χ2v) is 3.66. The lowest BCUT2D eigenvalue weighted by atomic mass is 10.1. The smallest absolute Gasteiger partial charge is 0.128 e. The van der Waals surface area contributed by atoms with Crippen LogP contribution in [0, 0.1) is 17.1 Å². The molecule has 1 aromatic carbocycles. The molecule has 0 bridgehead atoms. The second-order valence-electron chi connectivity index (χ2n) is 3.66.